The number of nitrogens with zero attached hydrogens (tertiary/aromatic N) is 2. The van der Waals surface area contributed by atoms with Crippen molar-refractivity contribution in [3.05, 3.63) is 59.9 Å². The predicted octanol–water partition coefficient (Wildman–Crippen LogP) is 4.64. The molecule has 144 valence electrons. The summed E-state index contributed by atoms with van der Waals surface area (Å²) in [5.41, 5.74) is 3.59. The number of carboxylic acids is 1. The molecule has 0 aliphatic heterocycles. The van der Waals surface area contributed by atoms with Gasteiger partial charge in [-0.2, -0.15) is 0 Å². The molecule has 0 spiro atoms. The van der Waals surface area contributed by atoms with Crippen molar-refractivity contribution >= 4 is 23.8 Å². The molecule has 27 heavy (non-hydrogen) atoms. The van der Waals surface area contributed by atoms with Crippen LogP contribution in [0.2, 0.25) is 0 Å². The Morgan fingerprint density at radius 1 is 0.889 bits per heavy atom. The van der Waals surface area contributed by atoms with E-state index in [-0.39, 0.29) is 0 Å². The van der Waals surface area contributed by atoms with Gasteiger partial charge in [0.25, 0.3) is 0 Å². The molecule has 0 bridgehead atoms. The molecule has 0 aliphatic rings. The summed E-state index contributed by atoms with van der Waals surface area (Å²) in [6, 6.07) is 12.8. The molecule has 1 heterocycles. The average Bonchev–Trinajstić information content (AvgIpc) is 2.66. The van der Waals surface area contributed by atoms with Crippen LogP contribution in [0.15, 0.2) is 48.8 Å². The molecule has 0 saturated carbocycles. The van der Waals surface area contributed by atoms with E-state index in [1.54, 1.807) is 0 Å². The molecule has 2 rings (SSSR count). The van der Waals surface area contributed by atoms with E-state index in [4.69, 9.17) is 5.11 Å². The van der Waals surface area contributed by atoms with Gasteiger partial charge in [0, 0.05) is 44.8 Å². The lowest BCUT2D eigenvalue weighted by molar-refractivity contribution is -0.697. The molecule has 0 unspecified atom stereocenters. The Kier molecular flexibility index (Phi) is 8.56. The molecule has 0 aliphatic carbocycles. The van der Waals surface area contributed by atoms with Crippen molar-refractivity contribution in [3.63, 3.8) is 0 Å². The highest BCUT2D eigenvalue weighted by Crippen LogP contribution is 2.14. The van der Waals surface area contributed by atoms with E-state index < -0.39 is 5.97 Å². The highest BCUT2D eigenvalue weighted by molar-refractivity contribution is 5.70. The third-order valence-corrected chi connectivity index (χ3v) is 4.60. The lowest BCUT2D eigenvalue weighted by Gasteiger charge is -2.11. The van der Waals surface area contributed by atoms with Crippen LogP contribution in [-0.2, 0) is 11.3 Å². The van der Waals surface area contributed by atoms with Crippen LogP contribution in [0.3, 0.4) is 0 Å². The fourth-order valence-electron chi connectivity index (χ4n) is 2.91. The highest BCUT2D eigenvalue weighted by Gasteiger charge is 2.01. The monoisotopic (exact) mass is 367 g/mol. The third kappa shape index (κ3) is 8.07. The van der Waals surface area contributed by atoms with Crippen molar-refractivity contribution in [2.45, 2.75) is 45.1 Å². The Bertz CT molecular complexity index is 719. The van der Waals surface area contributed by atoms with E-state index in [1.807, 2.05) is 14.1 Å². The number of aryl methyl sites for hydroxylation is 1. The van der Waals surface area contributed by atoms with Gasteiger partial charge in [-0.1, -0.05) is 37.1 Å². The van der Waals surface area contributed by atoms with Gasteiger partial charge in [0.15, 0.2) is 12.4 Å². The number of rotatable bonds is 11. The van der Waals surface area contributed by atoms with Crippen molar-refractivity contribution in [3.8, 4) is 0 Å². The molecule has 1 aromatic carbocycles. The number of hydrogen-bond acceptors (Lipinski definition) is 2. The van der Waals surface area contributed by atoms with E-state index >= 15 is 0 Å². The molecule has 2 aromatic rings. The Morgan fingerprint density at radius 2 is 1.44 bits per heavy atom. The van der Waals surface area contributed by atoms with Crippen molar-refractivity contribution in [1.82, 2.24) is 0 Å². The lowest BCUT2D eigenvalue weighted by atomic mass is 10.1. The summed E-state index contributed by atoms with van der Waals surface area (Å²) in [4.78, 5) is 12.6. The summed E-state index contributed by atoms with van der Waals surface area (Å²) in [5.74, 6) is -0.690. The zero-order chi connectivity index (χ0) is 19.5. The van der Waals surface area contributed by atoms with Crippen molar-refractivity contribution in [1.29, 1.82) is 0 Å². The number of carboxylic acid groups (broad SMARTS) is 1. The van der Waals surface area contributed by atoms with E-state index in [0.717, 1.165) is 38.6 Å². The number of aromatic nitrogens is 1. The van der Waals surface area contributed by atoms with Gasteiger partial charge in [-0.15, -0.1) is 0 Å². The number of pyridine rings is 1. The number of hydrogen-bond donors (Lipinski definition) is 1. The van der Waals surface area contributed by atoms with E-state index in [9.17, 15) is 4.79 Å². The Morgan fingerprint density at radius 3 is 2.04 bits per heavy atom. The standard InChI is InChI=1S/C23H30N2O2/c1-24(2)22-13-11-20(12-14-22)9-10-21-15-18-25(19-16-21)17-7-5-3-4-6-8-23(26)27/h9-16,18-19H,3-8,17H2,1-2H3/p+1. The normalized spacial score (nSPS) is 11.0. The minimum atomic E-state index is -0.690. The van der Waals surface area contributed by atoms with Crippen LogP contribution in [0.4, 0.5) is 5.69 Å². The zero-order valence-electron chi connectivity index (χ0n) is 16.5. The number of carbonyl (C=O) groups is 1. The Balaban J connectivity index is 1.72. The highest BCUT2D eigenvalue weighted by atomic mass is 16.4. The molecule has 0 fully saturated rings. The molecule has 0 saturated heterocycles. The van der Waals surface area contributed by atoms with Crippen molar-refractivity contribution in [2.75, 3.05) is 19.0 Å². The second-order valence-corrected chi connectivity index (χ2v) is 7.10. The first-order chi connectivity index (χ1) is 13.0. The molecular formula is C23H31N2O2+. The van der Waals surface area contributed by atoms with Gasteiger partial charge >= 0.3 is 5.97 Å². The Hall–Kier alpha value is -2.62. The molecule has 0 amide bonds. The SMILES string of the molecule is CN(C)c1ccc(C=Cc2cc[n+](CCCCCCCC(=O)O)cc2)cc1. The third-order valence-electron chi connectivity index (χ3n) is 4.60. The largest absolute Gasteiger partial charge is 0.481 e. The first kappa shape index (κ1) is 20.7. The van der Waals surface area contributed by atoms with Crippen molar-refractivity contribution in [2.24, 2.45) is 0 Å². The van der Waals surface area contributed by atoms with Gasteiger partial charge in [-0.25, -0.2) is 4.57 Å². The fraction of sp³-hybridized carbons (Fsp3) is 0.391. The van der Waals surface area contributed by atoms with E-state index in [0.29, 0.717) is 6.42 Å². The molecule has 0 radical (unpaired) electrons. The summed E-state index contributed by atoms with van der Waals surface area (Å²) in [6.45, 7) is 1.01. The quantitative estimate of drug-likeness (QED) is 0.465. The van der Waals surface area contributed by atoms with Gasteiger partial charge in [0.05, 0.1) is 0 Å². The van der Waals surface area contributed by atoms with Crippen LogP contribution in [0.1, 0.15) is 49.7 Å². The van der Waals surface area contributed by atoms with Gasteiger partial charge in [-0.05, 0) is 36.1 Å². The minimum Gasteiger partial charge on any atom is -0.481 e. The second-order valence-electron chi connectivity index (χ2n) is 7.10. The molecule has 4 heteroatoms. The molecular weight excluding hydrogens is 336 g/mol. The van der Waals surface area contributed by atoms with Gasteiger partial charge in [-0.3, -0.25) is 4.79 Å². The number of anilines is 1. The van der Waals surface area contributed by atoms with Crippen LogP contribution in [-0.4, -0.2) is 25.2 Å². The maximum atomic E-state index is 10.5. The smallest absolute Gasteiger partial charge is 0.303 e. The minimum absolute atomic E-state index is 0.295. The number of unbranched alkanes of at least 4 members (excludes halogenated alkanes) is 4. The predicted molar refractivity (Wildman–Crippen MR) is 112 cm³/mol. The summed E-state index contributed by atoms with van der Waals surface area (Å²) in [7, 11) is 4.09. The maximum Gasteiger partial charge on any atom is 0.303 e. The van der Waals surface area contributed by atoms with Crippen LogP contribution < -0.4 is 9.47 Å². The van der Waals surface area contributed by atoms with Crippen molar-refractivity contribution < 1.29 is 14.5 Å². The second kappa shape index (κ2) is 11.2. The molecule has 1 N–H and O–H groups in total. The first-order valence-corrected chi connectivity index (χ1v) is 9.71. The van der Waals surface area contributed by atoms with Crippen LogP contribution in [0.25, 0.3) is 12.2 Å². The van der Waals surface area contributed by atoms with Gasteiger partial charge in [0.1, 0.15) is 6.54 Å². The molecule has 0 atom stereocenters. The van der Waals surface area contributed by atoms with Gasteiger partial charge in [0.2, 0.25) is 0 Å². The first-order valence-electron chi connectivity index (χ1n) is 9.71. The Labute approximate surface area is 162 Å². The van der Waals surface area contributed by atoms with E-state index in [2.05, 4.69) is 70.4 Å². The summed E-state index contributed by atoms with van der Waals surface area (Å²) < 4.78 is 2.21. The topological polar surface area (TPSA) is 44.4 Å². The number of aliphatic carboxylic acids is 1. The van der Waals surface area contributed by atoms with E-state index in [1.165, 1.54) is 16.8 Å². The summed E-state index contributed by atoms with van der Waals surface area (Å²) in [5, 5.41) is 8.61. The molecule has 4 nitrogen and oxygen atoms in total. The molecule has 1 aromatic heterocycles. The number of benzene rings is 1. The lowest BCUT2D eigenvalue weighted by Crippen LogP contribution is -2.32. The zero-order valence-corrected chi connectivity index (χ0v) is 16.5. The maximum absolute atomic E-state index is 10.5. The van der Waals surface area contributed by atoms with Crippen LogP contribution >= 0.6 is 0 Å². The van der Waals surface area contributed by atoms with Gasteiger partial charge < -0.3 is 10.0 Å². The van der Waals surface area contributed by atoms with Crippen LogP contribution in [0.5, 0.6) is 0 Å². The average molecular weight is 368 g/mol. The summed E-state index contributed by atoms with van der Waals surface area (Å²) >= 11 is 0. The summed E-state index contributed by atoms with van der Waals surface area (Å²) in [6.07, 6.45) is 14.0. The van der Waals surface area contributed by atoms with Crippen LogP contribution in [0, 0.1) is 0 Å². The fourth-order valence-corrected chi connectivity index (χ4v) is 2.91.